The fourth-order valence-corrected chi connectivity index (χ4v) is 2.44. The van der Waals surface area contributed by atoms with Gasteiger partial charge in [-0.1, -0.05) is 12.1 Å². The monoisotopic (exact) mass is 275 g/mol. The van der Waals surface area contributed by atoms with Crippen molar-refractivity contribution in [3.05, 3.63) is 29.8 Å². The van der Waals surface area contributed by atoms with Crippen LogP contribution >= 0.6 is 0 Å². The highest BCUT2D eigenvalue weighted by Crippen LogP contribution is 2.14. The summed E-state index contributed by atoms with van der Waals surface area (Å²) in [6.45, 7) is 4.86. The van der Waals surface area contributed by atoms with Crippen molar-refractivity contribution in [2.75, 3.05) is 18.4 Å². The van der Waals surface area contributed by atoms with Gasteiger partial charge in [0.05, 0.1) is 0 Å². The first kappa shape index (κ1) is 14.4. The number of piperidine rings is 1. The highest BCUT2D eigenvalue weighted by Gasteiger charge is 2.23. The molecule has 0 atom stereocenters. The van der Waals surface area contributed by atoms with Gasteiger partial charge in [0.2, 0.25) is 5.91 Å². The number of hydrogen-bond donors (Lipinski definition) is 2. The second-order valence-electron chi connectivity index (χ2n) is 5.26. The van der Waals surface area contributed by atoms with Crippen molar-refractivity contribution in [2.45, 2.75) is 32.7 Å². The van der Waals surface area contributed by atoms with Gasteiger partial charge in [0.15, 0.2) is 0 Å². The number of amides is 3. The molecule has 0 radical (unpaired) electrons. The summed E-state index contributed by atoms with van der Waals surface area (Å²) in [6, 6.07) is 7.87. The molecule has 1 saturated heterocycles. The zero-order valence-corrected chi connectivity index (χ0v) is 12.0. The predicted molar refractivity (Wildman–Crippen MR) is 78.6 cm³/mol. The smallest absolute Gasteiger partial charge is 0.321 e. The van der Waals surface area contributed by atoms with E-state index in [1.165, 1.54) is 6.92 Å². The molecule has 3 amide bonds. The summed E-state index contributed by atoms with van der Waals surface area (Å²) >= 11 is 0. The normalized spacial score (nSPS) is 15.8. The van der Waals surface area contributed by atoms with Crippen molar-refractivity contribution in [1.29, 1.82) is 0 Å². The van der Waals surface area contributed by atoms with Crippen LogP contribution in [-0.2, 0) is 4.79 Å². The first-order valence-electron chi connectivity index (χ1n) is 6.94. The molecule has 2 rings (SSSR count). The van der Waals surface area contributed by atoms with Gasteiger partial charge in [-0.3, -0.25) is 4.79 Å². The third-order valence-corrected chi connectivity index (χ3v) is 3.46. The molecule has 2 N–H and O–H groups in total. The number of likely N-dealkylation sites (tertiary alicyclic amines) is 1. The van der Waals surface area contributed by atoms with E-state index in [-0.39, 0.29) is 18.0 Å². The molecular weight excluding hydrogens is 254 g/mol. The van der Waals surface area contributed by atoms with Crippen molar-refractivity contribution in [3.8, 4) is 0 Å². The highest BCUT2D eigenvalue weighted by atomic mass is 16.2. The van der Waals surface area contributed by atoms with Crippen LogP contribution in [0.3, 0.4) is 0 Å². The van der Waals surface area contributed by atoms with E-state index in [0.29, 0.717) is 13.1 Å². The Morgan fingerprint density at radius 3 is 2.55 bits per heavy atom. The van der Waals surface area contributed by atoms with Gasteiger partial charge in [-0.15, -0.1) is 0 Å². The molecule has 0 bridgehead atoms. The molecular formula is C15H21N3O2. The maximum Gasteiger partial charge on any atom is 0.321 e. The summed E-state index contributed by atoms with van der Waals surface area (Å²) in [7, 11) is 0. The molecule has 0 spiro atoms. The van der Waals surface area contributed by atoms with Crippen molar-refractivity contribution in [3.63, 3.8) is 0 Å². The first-order valence-corrected chi connectivity index (χ1v) is 6.94. The minimum absolute atomic E-state index is 0.00679. The number of benzene rings is 1. The zero-order valence-electron chi connectivity index (χ0n) is 12.0. The molecule has 20 heavy (non-hydrogen) atoms. The molecule has 1 aromatic rings. The average molecular weight is 275 g/mol. The number of nitrogens with one attached hydrogen (secondary N) is 2. The Balaban J connectivity index is 1.84. The summed E-state index contributed by atoms with van der Waals surface area (Å²) in [5.41, 5.74) is 1.94. The van der Waals surface area contributed by atoms with Gasteiger partial charge in [0.1, 0.15) is 0 Å². The van der Waals surface area contributed by atoms with E-state index < -0.39 is 0 Å². The lowest BCUT2D eigenvalue weighted by Crippen LogP contribution is -2.47. The number of urea groups is 1. The summed E-state index contributed by atoms with van der Waals surface area (Å²) in [5, 5.41) is 5.81. The number of rotatable bonds is 2. The lowest BCUT2D eigenvalue weighted by molar-refractivity contribution is -0.119. The van der Waals surface area contributed by atoms with E-state index in [1.54, 1.807) is 4.90 Å². The maximum atomic E-state index is 12.1. The largest absolute Gasteiger partial charge is 0.353 e. The van der Waals surface area contributed by atoms with Crippen LogP contribution in [0, 0.1) is 6.92 Å². The molecule has 0 saturated carbocycles. The van der Waals surface area contributed by atoms with E-state index in [4.69, 9.17) is 0 Å². The molecule has 1 aliphatic rings. The third kappa shape index (κ3) is 3.98. The SMILES string of the molecule is CC(=O)NC1CCN(C(=O)Nc2cccc(C)c2)CC1. The van der Waals surface area contributed by atoms with Crippen molar-refractivity contribution >= 4 is 17.6 Å². The number of carbonyl (C=O) groups excluding carboxylic acids is 2. The Hall–Kier alpha value is -2.04. The molecule has 1 heterocycles. The molecule has 1 aliphatic heterocycles. The Morgan fingerprint density at radius 2 is 1.95 bits per heavy atom. The highest BCUT2D eigenvalue weighted by molar-refractivity contribution is 5.89. The molecule has 0 aromatic heterocycles. The van der Waals surface area contributed by atoms with E-state index in [1.807, 2.05) is 31.2 Å². The second kappa shape index (κ2) is 6.41. The second-order valence-corrected chi connectivity index (χ2v) is 5.26. The van der Waals surface area contributed by atoms with E-state index in [9.17, 15) is 9.59 Å². The molecule has 108 valence electrons. The molecule has 5 nitrogen and oxygen atoms in total. The van der Waals surface area contributed by atoms with Gasteiger partial charge in [0, 0.05) is 31.7 Å². The number of aryl methyl sites for hydroxylation is 1. The Bertz CT molecular complexity index is 494. The van der Waals surface area contributed by atoms with E-state index in [2.05, 4.69) is 10.6 Å². The summed E-state index contributed by atoms with van der Waals surface area (Å²) in [4.78, 5) is 24.9. The van der Waals surface area contributed by atoms with Gasteiger partial charge < -0.3 is 15.5 Å². The van der Waals surface area contributed by atoms with Gasteiger partial charge >= 0.3 is 6.03 Å². The van der Waals surface area contributed by atoms with Crippen LogP contribution in [-0.4, -0.2) is 36.0 Å². The van der Waals surface area contributed by atoms with Gasteiger partial charge in [-0.2, -0.15) is 0 Å². The number of anilines is 1. The molecule has 5 heteroatoms. The topological polar surface area (TPSA) is 61.4 Å². The standard InChI is InChI=1S/C15H21N3O2/c1-11-4-3-5-14(10-11)17-15(20)18-8-6-13(7-9-18)16-12(2)19/h3-5,10,13H,6-9H2,1-2H3,(H,16,19)(H,17,20). The Kier molecular flexibility index (Phi) is 4.61. The number of nitrogens with zero attached hydrogens (tertiary/aromatic N) is 1. The maximum absolute atomic E-state index is 12.1. The van der Waals surface area contributed by atoms with Crippen LogP contribution in [0.2, 0.25) is 0 Å². The van der Waals surface area contributed by atoms with Crippen LogP contribution in [0.1, 0.15) is 25.3 Å². The van der Waals surface area contributed by atoms with Crippen LogP contribution < -0.4 is 10.6 Å². The summed E-state index contributed by atoms with van der Waals surface area (Å²) < 4.78 is 0. The third-order valence-electron chi connectivity index (χ3n) is 3.46. The van der Waals surface area contributed by atoms with E-state index >= 15 is 0 Å². The Labute approximate surface area is 119 Å². The van der Waals surface area contributed by atoms with Gasteiger partial charge in [-0.25, -0.2) is 4.79 Å². The van der Waals surface area contributed by atoms with Crippen molar-refractivity contribution in [1.82, 2.24) is 10.2 Å². The molecule has 0 unspecified atom stereocenters. The lowest BCUT2D eigenvalue weighted by atomic mass is 10.1. The summed E-state index contributed by atoms with van der Waals surface area (Å²) in [5.74, 6) is -0.00679. The van der Waals surface area contributed by atoms with Crippen molar-refractivity contribution in [2.24, 2.45) is 0 Å². The minimum Gasteiger partial charge on any atom is -0.353 e. The van der Waals surface area contributed by atoms with Crippen LogP contribution in [0.5, 0.6) is 0 Å². The lowest BCUT2D eigenvalue weighted by Gasteiger charge is -2.32. The van der Waals surface area contributed by atoms with Crippen LogP contribution in [0.15, 0.2) is 24.3 Å². The average Bonchev–Trinajstić information content (AvgIpc) is 2.38. The fourth-order valence-electron chi connectivity index (χ4n) is 2.44. The van der Waals surface area contributed by atoms with Gasteiger partial charge in [-0.05, 0) is 37.5 Å². The van der Waals surface area contributed by atoms with Gasteiger partial charge in [0.25, 0.3) is 0 Å². The molecule has 1 fully saturated rings. The number of carbonyl (C=O) groups is 2. The number of hydrogen-bond acceptors (Lipinski definition) is 2. The zero-order chi connectivity index (χ0) is 14.5. The van der Waals surface area contributed by atoms with E-state index in [0.717, 1.165) is 24.1 Å². The molecule has 1 aromatic carbocycles. The van der Waals surface area contributed by atoms with Crippen LogP contribution in [0.4, 0.5) is 10.5 Å². The Morgan fingerprint density at radius 1 is 1.25 bits per heavy atom. The van der Waals surface area contributed by atoms with Crippen LogP contribution in [0.25, 0.3) is 0 Å². The summed E-state index contributed by atoms with van der Waals surface area (Å²) in [6.07, 6.45) is 1.61. The predicted octanol–water partition coefficient (Wildman–Crippen LogP) is 2.13. The van der Waals surface area contributed by atoms with Crippen molar-refractivity contribution < 1.29 is 9.59 Å². The quantitative estimate of drug-likeness (QED) is 0.868. The minimum atomic E-state index is -0.0723. The molecule has 0 aliphatic carbocycles. The first-order chi connectivity index (χ1) is 9.54. The fraction of sp³-hybridized carbons (Fsp3) is 0.467.